The first-order valence-electron chi connectivity index (χ1n) is 14.9. The zero-order chi connectivity index (χ0) is 27.4. The van der Waals surface area contributed by atoms with Crippen molar-refractivity contribution in [2.75, 3.05) is 24.6 Å². The van der Waals surface area contributed by atoms with Crippen LogP contribution in [0.5, 0.6) is 0 Å². The molecule has 0 spiro atoms. The molecule has 1 saturated heterocycles. The number of benzene rings is 1. The van der Waals surface area contributed by atoms with Gasteiger partial charge in [0.15, 0.2) is 5.78 Å². The van der Waals surface area contributed by atoms with E-state index in [0.29, 0.717) is 31.3 Å². The van der Waals surface area contributed by atoms with Crippen LogP contribution in [0, 0.1) is 34.5 Å². The second-order valence-corrected chi connectivity index (χ2v) is 12.7. The lowest BCUT2D eigenvalue weighted by molar-refractivity contribution is -0.130. The highest BCUT2D eigenvalue weighted by Gasteiger charge is 2.65. The number of carbonyl (C=O) groups excluding carboxylic acids is 2. The minimum Gasteiger partial charge on any atom is -0.384 e. The fraction of sp³-hybridized carbons (Fsp3) is 0.588. The van der Waals surface area contributed by atoms with E-state index in [0.717, 1.165) is 31.5 Å². The summed E-state index contributed by atoms with van der Waals surface area (Å²) in [6.45, 7) is 5.75. The van der Waals surface area contributed by atoms with Crippen molar-refractivity contribution in [2.24, 2.45) is 22.7 Å². The van der Waals surface area contributed by atoms with E-state index in [4.69, 9.17) is 0 Å². The molecule has 0 amide bonds. The fourth-order valence-corrected chi connectivity index (χ4v) is 9.09. The summed E-state index contributed by atoms with van der Waals surface area (Å²) in [6, 6.07) is 8.95. The number of hydrogen-bond donors (Lipinski definition) is 1. The molecule has 6 rings (SSSR count). The van der Waals surface area contributed by atoms with Crippen LogP contribution >= 0.6 is 0 Å². The van der Waals surface area contributed by atoms with E-state index in [1.54, 1.807) is 13.0 Å². The molecular weight excluding hydrogens is 489 g/mol. The van der Waals surface area contributed by atoms with Gasteiger partial charge in [0, 0.05) is 31.1 Å². The van der Waals surface area contributed by atoms with Gasteiger partial charge >= 0.3 is 0 Å². The van der Waals surface area contributed by atoms with Crippen molar-refractivity contribution >= 4 is 17.3 Å². The Bertz CT molecular complexity index is 1290. The maximum absolute atomic E-state index is 15.8. The standard InChI is InChI=1S/C34H40FNO3/c1-22(38)34(14-6-18-37)15-13-30-28-20-31(35)27-19-25(39)11-12-26(27)32(28)29(21-33(30,34)2)23-7-9-24(10-8-23)36-16-4-3-5-17-36/h7-10,19,28-31,37H,3-5,11-13,15-18,20-21H2,1-2H3/t28-,29+,30-,31?,33-,34+/m0/s1. The molecule has 0 aromatic heterocycles. The number of anilines is 1. The molecule has 3 fully saturated rings. The molecule has 1 aromatic carbocycles. The van der Waals surface area contributed by atoms with Crippen molar-refractivity contribution in [2.45, 2.75) is 83.7 Å². The number of alkyl halides is 1. The van der Waals surface area contributed by atoms with Crippen LogP contribution in [0.15, 0.2) is 47.1 Å². The maximum atomic E-state index is 15.8. The highest BCUT2D eigenvalue weighted by Crippen LogP contribution is 2.69. The summed E-state index contributed by atoms with van der Waals surface area (Å²) in [6.07, 6.45) is 7.78. The van der Waals surface area contributed by atoms with Gasteiger partial charge in [0.2, 0.25) is 0 Å². The normalized spacial score (nSPS) is 35.8. The molecule has 4 aliphatic carbocycles. The van der Waals surface area contributed by atoms with Crippen molar-refractivity contribution in [3.05, 3.63) is 52.6 Å². The molecule has 0 radical (unpaired) electrons. The number of aliphatic hydroxyl groups excluding tert-OH is 1. The summed E-state index contributed by atoms with van der Waals surface area (Å²) in [4.78, 5) is 28.1. The first-order valence-corrected chi connectivity index (χ1v) is 14.9. The number of aliphatic hydroxyl groups is 1. The molecule has 206 valence electrons. The predicted molar refractivity (Wildman–Crippen MR) is 151 cm³/mol. The summed E-state index contributed by atoms with van der Waals surface area (Å²) in [5, 5.41) is 9.56. The minimum absolute atomic E-state index is 0.0167. The molecule has 4 nitrogen and oxygen atoms in total. The van der Waals surface area contributed by atoms with Crippen molar-refractivity contribution in [1.29, 1.82) is 0 Å². The van der Waals surface area contributed by atoms with Crippen LogP contribution < -0.4 is 4.90 Å². The van der Waals surface area contributed by atoms with Gasteiger partial charge in [0.1, 0.15) is 18.6 Å². The number of carbonyl (C=O) groups is 2. The molecule has 5 aliphatic rings. The van der Waals surface area contributed by atoms with Crippen LogP contribution in [-0.2, 0) is 9.59 Å². The van der Waals surface area contributed by atoms with Gasteiger partial charge in [-0.25, -0.2) is 4.39 Å². The average Bonchev–Trinajstić information content (AvgIpc) is 3.25. The van der Waals surface area contributed by atoms with Crippen molar-refractivity contribution in [1.82, 2.24) is 0 Å². The number of Topliss-reactive ketones (excluding diaryl/α,β-unsaturated/α-hetero) is 1. The topological polar surface area (TPSA) is 57.6 Å². The van der Waals surface area contributed by atoms with Crippen molar-refractivity contribution < 1.29 is 19.1 Å². The van der Waals surface area contributed by atoms with Crippen molar-refractivity contribution in [3.63, 3.8) is 0 Å². The van der Waals surface area contributed by atoms with Gasteiger partial charge in [-0.3, -0.25) is 9.59 Å². The SMILES string of the molecule is CC(=O)[C@@]1(C#CCO)CC[C@H]2[C@@H]3CC(F)C4=CC(=O)CCC4=C3[C@@H](c3ccc(N4CCCCC4)cc3)C[C@@]21C. The molecule has 1 unspecified atom stereocenters. The van der Waals surface area contributed by atoms with Crippen LogP contribution in [0.1, 0.15) is 83.1 Å². The third-order valence-electron chi connectivity index (χ3n) is 10.9. The Morgan fingerprint density at radius 3 is 2.59 bits per heavy atom. The van der Waals surface area contributed by atoms with Gasteiger partial charge in [-0.15, -0.1) is 0 Å². The molecule has 39 heavy (non-hydrogen) atoms. The number of hydrogen-bond acceptors (Lipinski definition) is 4. The number of halogens is 1. The Hall–Kier alpha value is -2.71. The Morgan fingerprint density at radius 1 is 1.15 bits per heavy atom. The zero-order valence-electron chi connectivity index (χ0n) is 23.3. The van der Waals surface area contributed by atoms with Crippen molar-refractivity contribution in [3.8, 4) is 11.8 Å². The lowest BCUT2D eigenvalue weighted by Gasteiger charge is -2.55. The van der Waals surface area contributed by atoms with Crippen LogP contribution in [-0.4, -0.2) is 42.5 Å². The van der Waals surface area contributed by atoms with Crippen LogP contribution in [0.3, 0.4) is 0 Å². The van der Waals surface area contributed by atoms with Crippen LogP contribution in [0.2, 0.25) is 0 Å². The summed E-state index contributed by atoms with van der Waals surface area (Å²) in [5.41, 5.74) is 4.15. The summed E-state index contributed by atoms with van der Waals surface area (Å²) < 4.78 is 15.8. The lowest BCUT2D eigenvalue weighted by Crippen LogP contribution is -2.51. The summed E-state index contributed by atoms with van der Waals surface area (Å²) in [7, 11) is 0. The largest absolute Gasteiger partial charge is 0.384 e. The third kappa shape index (κ3) is 4.13. The van der Waals surface area contributed by atoms with Gasteiger partial charge in [-0.1, -0.05) is 36.5 Å². The van der Waals surface area contributed by atoms with Gasteiger partial charge in [0.05, 0.1) is 5.41 Å². The first kappa shape index (κ1) is 26.5. The first-order chi connectivity index (χ1) is 18.8. The fourth-order valence-electron chi connectivity index (χ4n) is 9.09. The molecule has 5 heteroatoms. The molecule has 6 atom stereocenters. The number of fused-ring (bicyclic) bond motifs is 4. The molecule has 2 saturated carbocycles. The number of piperidine rings is 1. The Labute approximate surface area is 231 Å². The average molecular weight is 530 g/mol. The van der Waals surface area contributed by atoms with E-state index in [9.17, 15) is 14.7 Å². The predicted octanol–water partition coefficient (Wildman–Crippen LogP) is 6.10. The van der Waals surface area contributed by atoms with Crippen LogP contribution in [0.4, 0.5) is 10.1 Å². The second-order valence-electron chi connectivity index (χ2n) is 12.7. The monoisotopic (exact) mass is 529 g/mol. The number of allylic oxidation sites excluding steroid dienone is 4. The van der Waals surface area contributed by atoms with E-state index < -0.39 is 17.0 Å². The second kappa shape index (κ2) is 10.0. The quantitative estimate of drug-likeness (QED) is 0.481. The number of ketones is 2. The molecule has 1 N–H and O–H groups in total. The maximum Gasteiger partial charge on any atom is 0.156 e. The van der Waals surface area contributed by atoms with E-state index in [1.165, 1.54) is 36.1 Å². The smallest absolute Gasteiger partial charge is 0.156 e. The third-order valence-corrected chi connectivity index (χ3v) is 10.9. The van der Waals surface area contributed by atoms with E-state index in [-0.39, 0.29) is 35.9 Å². The van der Waals surface area contributed by atoms with Crippen LogP contribution in [0.25, 0.3) is 0 Å². The highest BCUT2D eigenvalue weighted by atomic mass is 19.1. The lowest BCUT2D eigenvalue weighted by atomic mass is 9.48. The highest BCUT2D eigenvalue weighted by molar-refractivity contribution is 5.93. The van der Waals surface area contributed by atoms with Gasteiger partial charge in [-0.05, 0) is 110 Å². The molecule has 0 bridgehead atoms. The Kier molecular flexibility index (Phi) is 6.82. The van der Waals surface area contributed by atoms with E-state index >= 15 is 4.39 Å². The van der Waals surface area contributed by atoms with Gasteiger partial charge in [0.25, 0.3) is 0 Å². The van der Waals surface area contributed by atoms with Gasteiger partial charge < -0.3 is 10.0 Å². The molecule has 1 aromatic rings. The number of nitrogens with zero attached hydrogens (tertiary/aromatic N) is 1. The van der Waals surface area contributed by atoms with E-state index in [1.807, 2.05) is 0 Å². The minimum atomic E-state index is -1.15. The van der Waals surface area contributed by atoms with Gasteiger partial charge in [-0.2, -0.15) is 0 Å². The Morgan fingerprint density at radius 2 is 1.90 bits per heavy atom. The molecule has 1 aliphatic heterocycles. The number of rotatable bonds is 3. The summed E-state index contributed by atoms with van der Waals surface area (Å²) in [5.74, 6) is 6.37. The zero-order valence-corrected chi connectivity index (χ0v) is 23.3. The Balaban J connectivity index is 1.49. The summed E-state index contributed by atoms with van der Waals surface area (Å²) >= 11 is 0. The molecular formula is C34H40FNO3. The molecule has 1 heterocycles. The van der Waals surface area contributed by atoms with E-state index in [2.05, 4.69) is 47.9 Å².